The van der Waals surface area contributed by atoms with Gasteiger partial charge < -0.3 is 25.1 Å². The summed E-state index contributed by atoms with van der Waals surface area (Å²) in [6, 6.07) is 19.9. The molecular weight excluding hydrogens is 464 g/mol. The summed E-state index contributed by atoms with van der Waals surface area (Å²) in [4.78, 5) is 33.1. The highest BCUT2D eigenvalue weighted by molar-refractivity contribution is 7.99. The lowest BCUT2D eigenvalue weighted by Crippen LogP contribution is -2.17. The molecule has 0 saturated heterocycles. The molecule has 9 heteroatoms. The first-order valence-electron chi connectivity index (χ1n) is 11.2. The summed E-state index contributed by atoms with van der Waals surface area (Å²) in [5.41, 5.74) is 3.21. The number of fused-ring (bicyclic) bond motifs is 1. The molecule has 3 aromatic carbocycles. The Balaban J connectivity index is 1.50. The zero-order chi connectivity index (χ0) is 24.6. The molecule has 4 aromatic rings. The van der Waals surface area contributed by atoms with Crippen LogP contribution in [0.25, 0.3) is 11.0 Å². The van der Waals surface area contributed by atoms with E-state index in [0.717, 1.165) is 11.0 Å². The predicted octanol–water partition coefficient (Wildman–Crippen LogP) is 5.34. The number of thioether (sulfide) groups is 1. The summed E-state index contributed by atoms with van der Waals surface area (Å²) < 4.78 is 11.5. The van der Waals surface area contributed by atoms with Gasteiger partial charge in [-0.3, -0.25) is 9.59 Å². The molecule has 0 aliphatic carbocycles. The number of aromatic amines is 1. The molecular formula is C26H26N4O4S. The van der Waals surface area contributed by atoms with Crippen molar-refractivity contribution >= 4 is 46.0 Å². The van der Waals surface area contributed by atoms with Gasteiger partial charge in [0.05, 0.1) is 41.4 Å². The Hall–Kier alpha value is -3.98. The second-order valence-corrected chi connectivity index (χ2v) is 8.39. The topological polar surface area (TPSA) is 105 Å². The van der Waals surface area contributed by atoms with Crippen LogP contribution in [0.1, 0.15) is 24.2 Å². The van der Waals surface area contributed by atoms with Crippen LogP contribution in [-0.4, -0.2) is 40.7 Å². The van der Waals surface area contributed by atoms with Crippen LogP contribution < -0.4 is 20.1 Å². The molecule has 0 radical (unpaired) electrons. The molecule has 35 heavy (non-hydrogen) atoms. The van der Waals surface area contributed by atoms with E-state index in [2.05, 4.69) is 20.6 Å². The summed E-state index contributed by atoms with van der Waals surface area (Å²) in [5, 5.41) is 6.44. The molecule has 8 nitrogen and oxygen atoms in total. The third-order valence-corrected chi connectivity index (χ3v) is 5.82. The number of carbonyl (C=O) groups excluding carboxylic acids is 2. The Morgan fingerprint density at radius 1 is 0.886 bits per heavy atom. The number of carbonyl (C=O) groups is 2. The molecule has 180 valence electrons. The van der Waals surface area contributed by atoms with Crippen molar-refractivity contribution in [2.75, 3.05) is 29.6 Å². The molecule has 1 aromatic heterocycles. The highest BCUT2D eigenvalue weighted by atomic mass is 32.2. The lowest BCUT2D eigenvalue weighted by molar-refractivity contribution is -0.113. The van der Waals surface area contributed by atoms with Crippen LogP contribution in [0.3, 0.4) is 0 Å². The van der Waals surface area contributed by atoms with E-state index >= 15 is 0 Å². The lowest BCUT2D eigenvalue weighted by atomic mass is 10.2. The number of aromatic nitrogens is 2. The fourth-order valence-electron chi connectivity index (χ4n) is 3.41. The van der Waals surface area contributed by atoms with Gasteiger partial charge in [-0.2, -0.15) is 0 Å². The highest BCUT2D eigenvalue weighted by Crippen LogP contribution is 2.37. The average molecular weight is 491 g/mol. The molecule has 0 fully saturated rings. The molecule has 0 aliphatic heterocycles. The Morgan fingerprint density at radius 3 is 2.17 bits per heavy atom. The summed E-state index contributed by atoms with van der Waals surface area (Å²) in [7, 11) is 0. The van der Waals surface area contributed by atoms with E-state index in [4.69, 9.17) is 9.47 Å². The normalized spacial score (nSPS) is 10.7. The van der Waals surface area contributed by atoms with Crippen molar-refractivity contribution in [2.24, 2.45) is 0 Å². The third-order valence-electron chi connectivity index (χ3n) is 4.95. The molecule has 0 bridgehead atoms. The van der Waals surface area contributed by atoms with Gasteiger partial charge in [0.25, 0.3) is 5.91 Å². The van der Waals surface area contributed by atoms with Crippen molar-refractivity contribution in [1.82, 2.24) is 9.97 Å². The van der Waals surface area contributed by atoms with Gasteiger partial charge in [0, 0.05) is 17.7 Å². The number of ether oxygens (including phenoxy) is 2. The minimum atomic E-state index is -0.270. The lowest BCUT2D eigenvalue weighted by Gasteiger charge is -2.17. The number of imidazole rings is 1. The van der Waals surface area contributed by atoms with Crippen LogP contribution in [-0.2, 0) is 4.79 Å². The largest absolute Gasteiger partial charge is 0.492 e. The van der Waals surface area contributed by atoms with E-state index in [1.807, 2.05) is 44.2 Å². The van der Waals surface area contributed by atoms with Crippen molar-refractivity contribution in [3.63, 3.8) is 0 Å². The van der Waals surface area contributed by atoms with Crippen molar-refractivity contribution < 1.29 is 19.1 Å². The van der Waals surface area contributed by atoms with E-state index in [1.54, 1.807) is 36.4 Å². The second-order valence-electron chi connectivity index (χ2n) is 7.43. The number of H-pyrrole nitrogens is 1. The van der Waals surface area contributed by atoms with E-state index in [9.17, 15) is 9.59 Å². The predicted molar refractivity (Wildman–Crippen MR) is 139 cm³/mol. The minimum absolute atomic E-state index is 0.155. The van der Waals surface area contributed by atoms with Crippen molar-refractivity contribution in [3.8, 4) is 11.5 Å². The first-order valence-corrected chi connectivity index (χ1v) is 12.2. The smallest absolute Gasteiger partial charge is 0.255 e. The van der Waals surface area contributed by atoms with Gasteiger partial charge >= 0.3 is 0 Å². The second kappa shape index (κ2) is 11.4. The third kappa shape index (κ3) is 6.13. The van der Waals surface area contributed by atoms with Crippen LogP contribution in [0.4, 0.5) is 11.4 Å². The van der Waals surface area contributed by atoms with Crippen LogP contribution in [0.15, 0.2) is 71.9 Å². The number of hydrogen-bond acceptors (Lipinski definition) is 6. The summed E-state index contributed by atoms with van der Waals surface area (Å²) >= 11 is 1.31. The molecule has 3 N–H and O–H groups in total. The number of nitrogens with one attached hydrogen (secondary N) is 3. The molecule has 2 amide bonds. The number of nitrogens with zero attached hydrogens (tertiary/aromatic N) is 1. The number of para-hydroxylation sites is 2. The van der Waals surface area contributed by atoms with E-state index in [0.29, 0.717) is 46.8 Å². The van der Waals surface area contributed by atoms with Crippen LogP contribution in [0, 0.1) is 0 Å². The van der Waals surface area contributed by atoms with Crippen LogP contribution in [0.5, 0.6) is 11.5 Å². The Labute approximate surface area is 207 Å². The van der Waals surface area contributed by atoms with E-state index < -0.39 is 0 Å². The summed E-state index contributed by atoms with van der Waals surface area (Å²) in [6.45, 7) is 4.47. The standard InChI is InChI=1S/C26H26N4O4S/c1-3-33-22-15-21(28-25(32)17-10-6-5-7-11-17)23(34-4-2)14-20(22)27-24(31)16-35-26-29-18-12-8-9-13-19(18)30-26/h5-15H,3-4,16H2,1-2H3,(H,27,31)(H,28,32)(H,29,30). The fraction of sp³-hybridized carbons (Fsp3) is 0.192. The molecule has 4 rings (SSSR count). The van der Waals surface area contributed by atoms with Gasteiger partial charge in [-0.05, 0) is 38.1 Å². The van der Waals surface area contributed by atoms with Gasteiger partial charge in [-0.25, -0.2) is 4.98 Å². The van der Waals surface area contributed by atoms with E-state index in [-0.39, 0.29) is 17.6 Å². The zero-order valence-corrected chi connectivity index (χ0v) is 20.3. The van der Waals surface area contributed by atoms with Crippen molar-refractivity contribution in [1.29, 1.82) is 0 Å². The fourth-order valence-corrected chi connectivity index (χ4v) is 4.09. The molecule has 0 spiro atoms. The summed E-state index contributed by atoms with van der Waals surface area (Å²) in [5.74, 6) is 0.525. The average Bonchev–Trinajstić information content (AvgIpc) is 3.29. The summed E-state index contributed by atoms with van der Waals surface area (Å²) in [6.07, 6.45) is 0. The number of rotatable bonds is 10. The van der Waals surface area contributed by atoms with Crippen LogP contribution >= 0.6 is 11.8 Å². The molecule has 0 saturated carbocycles. The minimum Gasteiger partial charge on any atom is -0.492 e. The van der Waals surface area contributed by atoms with Crippen molar-refractivity contribution in [3.05, 3.63) is 72.3 Å². The van der Waals surface area contributed by atoms with Gasteiger partial charge in [-0.15, -0.1) is 0 Å². The number of hydrogen-bond donors (Lipinski definition) is 3. The Bertz CT molecular complexity index is 1290. The SMILES string of the molecule is CCOc1cc(NC(=O)c2ccccc2)c(OCC)cc1NC(=O)CSc1nc2ccccc2[nH]1. The maximum Gasteiger partial charge on any atom is 0.255 e. The van der Waals surface area contributed by atoms with Gasteiger partial charge in [0.2, 0.25) is 5.91 Å². The highest BCUT2D eigenvalue weighted by Gasteiger charge is 2.17. The van der Waals surface area contributed by atoms with Gasteiger partial charge in [0.1, 0.15) is 11.5 Å². The first kappa shape index (κ1) is 24.2. The van der Waals surface area contributed by atoms with E-state index in [1.165, 1.54) is 11.8 Å². The van der Waals surface area contributed by atoms with Crippen molar-refractivity contribution in [2.45, 2.75) is 19.0 Å². The monoisotopic (exact) mass is 490 g/mol. The first-order chi connectivity index (χ1) is 17.1. The quantitative estimate of drug-likeness (QED) is 0.259. The molecule has 0 aliphatic rings. The van der Waals surface area contributed by atoms with Gasteiger partial charge in [0.15, 0.2) is 5.16 Å². The Kier molecular flexibility index (Phi) is 7.89. The van der Waals surface area contributed by atoms with Gasteiger partial charge in [-0.1, -0.05) is 42.1 Å². The number of benzene rings is 3. The number of anilines is 2. The zero-order valence-electron chi connectivity index (χ0n) is 19.5. The van der Waals surface area contributed by atoms with Crippen LogP contribution in [0.2, 0.25) is 0 Å². The number of amides is 2. The molecule has 0 atom stereocenters. The molecule has 1 heterocycles. The maximum absolute atomic E-state index is 12.7. The Morgan fingerprint density at radius 2 is 1.51 bits per heavy atom. The maximum atomic E-state index is 12.7. The molecule has 0 unspecified atom stereocenters.